The van der Waals surface area contributed by atoms with Crippen LogP contribution in [0.5, 0.6) is 5.75 Å². The molecule has 0 aliphatic rings. The summed E-state index contributed by atoms with van der Waals surface area (Å²) in [5, 5.41) is 9.57. The van der Waals surface area contributed by atoms with Crippen molar-refractivity contribution in [1.29, 1.82) is 5.26 Å². The number of nitrogens with zero attached hydrogens (tertiary/aromatic N) is 2. The largest absolute Gasteiger partial charge is 0.497 e. The van der Waals surface area contributed by atoms with Crippen LogP contribution in [0.3, 0.4) is 0 Å². The van der Waals surface area contributed by atoms with Crippen molar-refractivity contribution in [3.8, 4) is 11.8 Å². The molecule has 20 heavy (non-hydrogen) atoms. The third-order valence-corrected chi connectivity index (χ3v) is 3.45. The second-order valence-corrected chi connectivity index (χ2v) is 4.78. The maximum Gasteiger partial charge on any atom is 0.269 e. The minimum atomic E-state index is -0.314. The van der Waals surface area contributed by atoms with E-state index in [1.165, 1.54) is 4.57 Å². The smallest absolute Gasteiger partial charge is 0.269 e. The van der Waals surface area contributed by atoms with Gasteiger partial charge in [-0.05, 0) is 42.3 Å². The Balaban J connectivity index is 2.46. The Kier molecular flexibility index (Phi) is 4.11. The minimum absolute atomic E-state index is 0.159. The van der Waals surface area contributed by atoms with E-state index >= 15 is 0 Å². The number of hydrogen-bond donors (Lipinski definition) is 0. The molecule has 0 amide bonds. The maximum absolute atomic E-state index is 12.2. The Morgan fingerprint density at radius 1 is 1.40 bits per heavy atom. The molecule has 0 fully saturated rings. The van der Waals surface area contributed by atoms with Gasteiger partial charge in [-0.25, -0.2) is 0 Å². The van der Waals surface area contributed by atoms with Crippen molar-refractivity contribution < 1.29 is 4.74 Å². The van der Waals surface area contributed by atoms with Crippen LogP contribution in [0.25, 0.3) is 0 Å². The van der Waals surface area contributed by atoms with E-state index in [9.17, 15) is 4.79 Å². The predicted octanol–water partition coefficient (Wildman–Crippen LogP) is 2.74. The van der Waals surface area contributed by atoms with Crippen LogP contribution in [0, 0.1) is 18.3 Å². The van der Waals surface area contributed by atoms with Crippen LogP contribution in [-0.4, -0.2) is 11.7 Å². The van der Waals surface area contributed by atoms with Crippen LogP contribution >= 0.6 is 11.6 Å². The van der Waals surface area contributed by atoms with E-state index in [4.69, 9.17) is 21.6 Å². The lowest BCUT2D eigenvalue weighted by Crippen LogP contribution is -2.23. The maximum atomic E-state index is 12.2. The zero-order chi connectivity index (χ0) is 14.7. The Morgan fingerprint density at radius 3 is 2.80 bits per heavy atom. The van der Waals surface area contributed by atoms with Gasteiger partial charge < -0.3 is 9.30 Å². The van der Waals surface area contributed by atoms with Crippen molar-refractivity contribution in [1.82, 2.24) is 4.57 Å². The van der Waals surface area contributed by atoms with Gasteiger partial charge in [-0.1, -0.05) is 11.6 Å². The van der Waals surface area contributed by atoms with Gasteiger partial charge in [0.1, 0.15) is 17.4 Å². The summed E-state index contributed by atoms with van der Waals surface area (Å²) < 4.78 is 6.61. The molecule has 0 unspecified atom stereocenters. The standard InChI is InChI=1S/C15H13ClN2O2/c1-10-5-6-18(15(19)13(10)8-17)9-11-7-12(20-2)3-4-14(11)16/h3-7H,9H2,1-2H3. The van der Waals surface area contributed by atoms with E-state index in [1.54, 1.807) is 44.5 Å². The first-order chi connectivity index (χ1) is 9.56. The van der Waals surface area contributed by atoms with Gasteiger partial charge in [-0.2, -0.15) is 5.26 Å². The Labute approximate surface area is 121 Å². The number of nitriles is 1. The third kappa shape index (κ3) is 2.68. The molecule has 0 atom stereocenters. The first-order valence-corrected chi connectivity index (χ1v) is 6.37. The molecule has 0 spiro atoms. The molecular weight excluding hydrogens is 276 g/mol. The summed E-state index contributed by atoms with van der Waals surface area (Å²) in [6, 6.07) is 8.94. The fourth-order valence-corrected chi connectivity index (χ4v) is 2.09. The molecule has 2 rings (SSSR count). The molecule has 0 saturated carbocycles. The van der Waals surface area contributed by atoms with E-state index in [2.05, 4.69) is 0 Å². The Morgan fingerprint density at radius 2 is 2.15 bits per heavy atom. The zero-order valence-corrected chi connectivity index (χ0v) is 11.9. The van der Waals surface area contributed by atoms with Crippen LogP contribution in [0.1, 0.15) is 16.7 Å². The highest BCUT2D eigenvalue weighted by atomic mass is 35.5. The van der Waals surface area contributed by atoms with Crippen LogP contribution in [0.2, 0.25) is 5.02 Å². The first-order valence-electron chi connectivity index (χ1n) is 5.99. The highest BCUT2D eigenvalue weighted by molar-refractivity contribution is 6.31. The molecule has 1 aromatic carbocycles. The number of methoxy groups -OCH3 is 1. The Bertz CT molecular complexity index is 745. The number of benzene rings is 1. The van der Waals surface area contributed by atoms with Gasteiger partial charge in [0, 0.05) is 11.2 Å². The molecule has 1 heterocycles. The molecule has 102 valence electrons. The van der Waals surface area contributed by atoms with Gasteiger partial charge in [-0.3, -0.25) is 4.79 Å². The van der Waals surface area contributed by atoms with Crippen LogP contribution in [0.15, 0.2) is 35.3 Å². The predicted molar refractivity (Wildman–Crippen MR) is 77.3 cm³/mol. The van der Waals surface area contributed by atoms with Gasteiger partial charge in [0.05, 0.1) is 13.7 Å². The summed E-state index contributed by atoms with van der Waals surface area (Å²) in [5.41, 5.74) is 1.28. The number of halogens is 1. The molecule has 0 bridgehead atoms. The number of rotatable bonds is 3. The van der Waals surface area contributed by atoms with E-state index in [0.717, 1.165) is 5.56 Å². The molecular formula is C15H13ClN2O2. The Hall–Kier alpha value is -2.25. The topological polar surface area (TPSA) is 55.0 Å². The highest BCUT2D eigenvalue weighted by Crippen LogP contribution is 2.22. The summed E-state index contributed by atoms with van der Waals surface area (Å²) in [7, 11) is 1.57. The summed E-state index contributed by atoms with van der Waals surface area (Å²) in [4.78, 5) is 12.2. The third-order valence-electron chi connectivity index (χ3n) is 3.08. The monoisotopic (exact) mass is 288 g/mol. The minimum Gasteiger partial charge on any atom is -0.497 e. The van der Waals surface area contributed by atoms with Crippen molar-refractivity contribution in [2.24, 2.45) is 0 Å². The van der Waals surface area contributed by atoms with E-state index in [0.29, 0.717) is 22.9 Å². The lowest BCUT2D eigenvalue weighted by Gasteiger charge is -2.10. The normalized spacial score (nSPS) is 10.1. The second-order valence-electron chi connectivity index (χ2n) is 4.38. The fraction of sp³-hybridized carbons (Fsp3) is 0.200. The molecule has 0 saturated heterocycles. The SMILES string of the molecule is COc1ccc(Cl)c(Cn2ccc(C)c(C#N)c2=O)c1. The lowest BCUT2D eigenvalue weighted by molar-refractivity contribution is 0.414. The van der Waals surface area contributed by atoms with Gasteiger partial charge in [0.2, 0.25) is 0 Å². The fourth-order valence-electron chi connectivity index (χ4n) is 1.91. The van der Waals surface area contributed by atoms with Crippen molar-refractivity contribution in [3.05, 3.63) is 62.5 Å². The molecule has 0 radical (unpaired) electrons. The molecule has 0 N–H and O–H groups in total. The average Bonchev–Trinajstić information content (AvgIpc) is 2.44. The van der Waals surface area contributed by atoms with Gasteiger partial charge in [0.25, 0.3) is 5.56 Å². The van der Waals surface area contributed by atoms with E-state index < -0.39 is 0 Å². The molecule has 5 heteroatoms. The van der Waals surface area contributed by atoms with Crippen LogP contribution in [-0.2, 0) is 6.54 Å². The second kappa shape index (κ2) is 5.81. The number of aryl methyl sites for hydroxylation is 1. The first kappa shape index (κ1) is 14.2. The average molecular weight is 289 g/mol. The summed E-state index contributed by atoms with van der Waals surface area (Å²) >= 11 is 6.12. The van der Waals surface area contributed by atoms with Crippen LogP contribution in [0.4, 0.5) is 0 Å². The molecule has 2 aromatic rings. The quantitative estimate of drug-likeness (QED) is 0.872. The lowest BCUT2D eigenvalue weighted by atomic mass is 10.1. The molecule has 0 aliphatic carbocycles. The summed E-state index contributed by atoms with van der Waals surface area (Å²) in [6.07, 6.45) is 1.66. The number of pyridine rings is 1. The van der Waals surface area contributed by atoms with E-state index in [1.807, 2.05) is 6.07 Å². The van der Waals surface area contributed by atoms with Gasteiger partial charge in [-0.15, -0.1) is 0 Å². The van der Waals surface area contributed by atoms with Crippen LogP contribution < -0.4 is 10.3 Å². The van der Waals surface area contributed by atoms with Gasteiger partial charge >= 0.3 is 0 Å². The highest BCUT2D eigenvalue weighted by Gasteiger charge is 2.09. The molecule has 0 aliphatic heterocycles. The number of aromatic nitrogens is 1. The number of ether oxygens (including phenoxy) is 1. The molecule has 1 aromatic heterocycles. The van der Waals surface area contributed by atoms with Gasteiger partial charge in [0.15, 0.2) is 0 Å². The van der Waals surface area contributed by atoms with Crippen molar-refractivity contribution in [2.75, 3.05) is 7.11 Å². The van der Waals surface area contributed by atoms with E-state index in [-0.39, 0.29) is 11.1 Å². The number of hydrogen-bond acceptors (Lipinski definition) is 3. The van der Waals surface area contributed by atoms with Crippen molar-refractivity contribution in [3.63, 3.8) is 0 Å². The zero-order valence-electron chi connectivity index (χ0n) is 11.2. The van der Waals surface area contributed by atoms with Crippen molar-refractivity contribution >= 4 is 11.6 Å². The molecule has 4 nitrogen and oxygen atoms in total. The van der Waals surface area contributed by atoms with Crippen molar-refractivity contribution in [2.45, 2.75) is 13.5 Å². The summed E-state index contributed by atoms with van der Waals surface area (Å²) in [6.45, 7) is 2.03. The summed E-state index contributed by atoms with van der Waals surface area (Å²) in [5.74, 6) is 0.671.